The number of nitrogens with two attached hydrogens (primary N) is 1. The first-order valence-corrected chi connectivity index (χ1v) is 10.8. The fourth-order valence-electron chi connectivity index (χ4n) is 3.72. The number of carbonyl (C=O) groups excluding carboxylic acids is 1. The number of nitrogens with zero attached hydrogens (tertiary/aromatic N) is 3. The molecule has 4 N–H and O–H groups in total. The molecule has 1 aliphatic heterocycles. The zero-order chi connectivity index (χ0) is 26.5. The molecular formula is C24H26F3N5O4. The number of aliphatic carboxylic acids is 1. The maximum Gasteiger partial charge on any atom is 0.490 e. The lowest BCUT2D eigenvalue weighted by molar-refractivity contribution is -0.192. The summed E-state index contributed by atoms with van der Waals surface area (Å²) in [4.78, 5) is 23.4. The number of halogens is 3. The van der Waals surface area contributed by atoms with Crippen molar-refractivity contribution in [3.8, 4) is 11.4 Å². The standard InChI is InChI=1S/C22H25N5O2.C2HF3O2/c1-16-14-20(25-27(16)18-8-10-19(29-2)11-9-18)24-21(28)26-13-12-22(23,15-26)17-6-4-3-5-7-17;3-2(4,5)1(6)7/h3-11,14H,12-13,15,23H2,1-2H3,(H,24,25,28);(H,6,7). The molecule has 192 valence electrons. The average molecular weight is 505 g/mol. The summed E-state index contributed by atoms with van der Waals surface area (Å²) < 4.78 is 38.7. The highest BCUT2D eigenvalue weighted by molar-refractivity contribution is 5.88. The minimum absolute atomic E-state index is 0.187. The molecule has 0 bridgehead atoms. The van der Waals surface area contributed by atoms with Crippen LogP contribution in [0, 0.1) is 6.92 Å². The number of methoxy groups -OCH3 is 1. The molecule has 0 radical (unpaired) electrons. The highest BCUT2D eigenvalue weighted by Crippen LogP contribution is 2.29. The van der Waals surface area contributed by atoms with Crippen molar-refractivity contribution < 1.29 is 32.6 Å². The number of aryl methyl sites for hydroxylation is 1. The molecule has 1 unspecified atom stereocenters. The number of carboxylic acid groups (broad SMARTS) is 1. The van der Waals surface area contributed by atoms with E-state index in [4.69, 9.17) is 20.4 Å². The largest absolute Gasteiger partial charge is 0.497 e. The normalized spacial score (nSPS) is 17.2. The first kappa shape index (κ1) is 26.5. The first-order chi connectivity index (χ1) is 16.9. The molecule has 1 saturated heterocycles. The third-order valence-electron chi connectivity index (χ3n) is 5.62. The molecule has 2 heterocycles. The zero-order valence-electron chi connectivity index (χ0n) is 19.6. The number of urea groups is 1. The number of hydrogen-bond acceptors (Lipinski definition) is 5. The second kappa shape index (κ2) is 10.7. The van der Waals surface area contributed by atoms with Gasteiger partial charge in [-0.1, -0.05) is 30.3 Å². The highest BCUT2D eigenvalue weighted by Gasteiger charge is 2.39. The lowest BCUT2D eigenvalue weighted by atomic mass is 9.90. The summed E-state index contributed by atoms with van der Waals surface area (Å²) in [6, 6.07) is 19.2. The van der Waals surface area contributed by atoms with Crippen LogP contribution < -0.4 is 15.8 Å². The fourth-order valence-corrected chi connectivity index (χ4v) is 3.72. The van der Waals surface area contributed by atoms with Gasteiger partial charge in [0.1, 0.15) is 5.75 Å². The molecule has 9 nitrogen and oxygen atoms in total. The Labute approximate surface area is 205 Å². The van der Waals surface area contributed by atoms with Crippen LogP contribution in [-0.2, 0) is 10.3 Å². The van der Waals surface area contributed by atoms with Gasteiger partial charge in [-0.25, -0.2) is 14.3 Å². The molecule has 4 rings (SSSR count). The van der Waals surface area contributed by atoms with Crippen LogP contribution in [0.4, 0.5) is 23.8 Å². The summed E-state index contributed by atoms with van der Waals surface area (Å²) >= 11 is 0. The summed E-state index contributed by atoms with van der Waals surface area (Å²) in [5.41, 5.74) is 8.93. The summed E-state index contributed by atoms with van der Waals surface area (Å²) in [6.07, 6.45) is -4.36. The van der Waals surface area contributed by atoms with Crippen molar-refractivity contribution in [3.05, 3.63) is 71.9 Å². The average Bonchev–Trinajstić information content (AvgIpc) is 3.43. The van der Waals surface area contributed by atoms with Crippen molar-refractivity contribution >= 4 is 17.8 Å². The quantitative estimate of drug-likeness (QED) is 0.494. The van der Waals surface area contributed by atoms with E-state index in [9.17, 15) is 18.0 Å². The summed E-state index contributed by atoms with van der Waals surface area (Å²) in [6.45, 7) is 3.03. The van der Waals surface area contributed by atoms with Gasteiger partial charge in [-0.2, -0.15) is 13.2 Å². The molecule has 2 aromatic carbocycles. The van der Waals surface area contributed by atoms with Crippen LogP contribution in [0.3, 0.4) is 0 Å². The van der Waals surface area contributed by atoms with Gasteiger partial charge < -0.3 is 20.5 Å². The van der Waals surface area contributed by atoms with Gasteiger partial charge in [-0.05, 0) is 43.2 Å². The monoisotopic (exact) mass is 505 g/mol. The van der Waals surface area contributed by atoms with E-state index in [1.807, 2.05) is 67.6 Å². The van der Waals surface area contributed by atoms with E-state index in [1.54, 1.807) is 16.7 Å². The third kappa shape index (κ3) is 6.33. The number of hydrogen-bond donors (Lipinski definition) is 3. The molecule has 2 amide bonds. The van der Waals surface area contributed by atoms with Gasteiger partial charge in [-0.15, -0.1) is 5.10 Å². The van der Waals surface area contributed by atoms with Crippen molar-refractivity contribution in [2.24, 2.45) is 5.73 Å². The van der Waals surface area contributed by atoms with Gasteiger partial charge in [0.25, 0.3) is 0 Å². The predicted molar refractivity (Wildman–Crippen MR) is 126 cm³/mol. The zero-order valence-corrected chi connectivity index (χ0v) is 19.6. The third-order valence-corrected chi connectivity index (χ3v) is 5.62. The van der Waals surface area contributed by atoms with Crippen LogP contribution in [0.1, 0.15) is 17.7 Å². The molecule has 0 spiro atoms. The van der Waals surface area contributed by atoms with E-state index in [1.165, 1.54) is 0 Å². The Morgan fingerprint density at radius 3 is 2.31 bits per heavy atom. The number of benzene rings is 2. The van der Waals surface area contributed by atoms with Crippen molar-refractivity contribution in [2.75, 3.05) is 25.5 Å². The summed E-state index contributed by atoms with van der Waals surface area (Å²) in [5.74, 6) is -1.46. The number of alkyl halides is 3. The number of aromatic nitrogens is 2. The SMILES string of the molecule is COc1ccc(-n2nc(NC(=O)N3CCC(N)(c4ccccc4)C3)cc2C)cc1.O=C(O)C(F)(F)F. The van der Waals surface area contributed by atoms with E-state index in [0.717, 1.165) is 29.1 Å². The maximum atomic E-state index is 12.8. The Bertz CT molecular complexity index is 1200. The minimum atomic E-state index is -5.08. The van der Waals surface area contributed by atoms with Gasteiger partial charge in [0.2, 0.25) is 0 Å². The Hall–Kier alpha value is -4.06. The molecule has 1 atom stereocenters. The van der Waals surface area contributed by atoms with Gasteiger partial charge >= 0.3 is 18.2 Å². The molecule has 0 saturated carbocycles. The predicted octanol–water partition coefficient (Wildman–Crippen LogP) is 3.91. The Kier molecular flexibility index (Phi) is 7.88. The van der Waals surface area contributed by atoms with Crippen molar-refractivity contribution in [2.45, 2.75) is 25.1 Å². The van der Waals surface area contributed by atoms with E-state index in [0.29, 0.717) is 18.9 Å². The van der Waals surface area contributed by atoms with Crippen LogP contribution in [0.5, 0.6) is 5.75 Å². The van der Waals surface area contributed by atoms with E-state index in [-0.39, 0.29) is 6.03 Å². The fraction of sp³-hybridized carbons (Fsp3) is 0.292. The van der Waals surface area contributed by atoms with Gasteiger partial charge in [0, 0.05) is 24.8 Å². The second-order valence-corrected chi connectivity index (χ2v) is 8.21. The van der Waals surface area contributed by atoms with E-state index < -0.39 is 17.7 Å². The topological polar surface area (TPSA) is 123 Å². The highest BCUT2D eigenvalue weighted by atomic mass is 19.4. The van der Waals surface area contributed by atoms with Gasteiger partial charge in [0.15, 0.2) is 5.82 Å². The number of carboxylic acids is 1. The van der Waals surface area contributed by atoms with Crippen LogP contribution >= 0.6 is 0 Å². The number of amides is 2. The first-order valence-electron chi connectivity index (χ1n) is 10.8. The number of anilines is 1. The van der Waals surface area contributed by atoms with Crippen LogP contribution in [0.2, 0.25) is 0 Å². The summed E-state index contributed by atoms with van der Waals surface area (Å²) in [5, 5.41) is 14.6. The van der Waals surface area contributed by atoms with E-state index in [2.05, 4.69) is 10.4 Å². The lowest BCUT2D eigenvalue weighted by Crippen LogP contribution is -2.42. The maximum absolute atomic E-state index is 12.8. The molecule has 36 heavy (non-hydrogen) atoms. The van der Waals surface area contributed by atoms with Crippen molar-refractivity contribution in [1.29, 1.82) is 0 Å². The molecule has 1 aliphatic rings. The number of rotatable bonds is 4. The van der Waals surface area contributed by atoms with Crippen LogP contribution in [-0.4, -0.2) is 58.2 Å². The summed E-state index contributed by atoms with van der Waals surface area (Å²) in [7, 11) is 1.63. The molecule has 3 aromatic rings. The molecule has 1 aromatic heterocycles. The Morgan fingerprint density at radius 1 is 1.14 bits per heavy atom. The second-order valence-electron chi connectivity index (χ2n) is 8.21. The van der Waals surface area contributed by atoms with Gasteiger partial charge in [0.05, 0.1) is 18.3 Å². The number of carbonyl (C=O) groups is 2. The lowest BCUT2D eigenvalue weighted by Gasteiger charge is -2.25. The van der Waals surface area contributed by atoms with Crippen molar-refractivity contribution in [3.63, 3.8) is 0 Å². The van der Waals surface area contributed by atoms with E-state index >= 15 is 0 Å². The Morgan fingerprint density at radius 2 is 1.75 bits per heavy atom. The molecule has 1 fully saturated rings. The minimum Gasteiger partial charge on any atom is -0.497 e. The van der Waals surface area contributed by atoms with Crippen molar-refractivity contribution in [1.82, 2.24) is 14.7 Å². The number of nitrogens with one attached hydrogen (secondary N) is 1. The smallest absolute Gasteiger partial charge is 0.490 e. The number of ether oxygens (including phenoxy) is 1. The van der Waals surface area contributed by atoms with Gasteiger partial charge in [-0.3, -0.25) is 5.32 Å². The van der Waals surface area contributed by atoms with Crippen LogP contribution in [0.15, 0.2) is 60.7 Å². The Balaban J connectivity index is 0.000000454. The number of likely N-dealkylation sites (tertiary alicyclic amines) is 1. The molecule has 0 aliphatic carbocycles. The molecule has 12 heteroatoms. The van der Waals surface area contributed by atoms with Crippen LogP contribution in [0.25, 0.3) is 5.69 Å². The molecular weight excluding hydrogens is 479 g/mol.